The molecule has 0 spiro atoms. The highest BCUT2D eigenvalue weighted by Crippen LogP contribution is 2.12. The highest BCUT2D eigenvalue weighted by atomic mass is 32.2. The summed E-state index contributed by atoms with van der Waals surface area (Å²) in [5.74, 6) is -1.11. The van der Waals surface area contributed by atoms with Crippen LogP contribution in [0.25, 0.3) is 0 Å². The second-order valence-electron chi connectivity index (χ2n) is 5.17. The molecule has 0 aromatic heterocycles. The highest BCUT2D eigenvalue weighted by molar-refractivity contribution is 7.89. The quantitative estimate of drug-likeness (QED) is 0.494. The van der Waals surface area contributed by atoms with Crippen molar-refractivity contribution in [2.75, 3.05) is 13.1 Å². The molecule has 0 radical (unpaired) electrons. The molecule has 0 aliphatic rings. The maximum atomic E-state index is 12.0. The first-order valence-corrected chi connectivity index (χ1v) is 9.25. The molecule has 2 N–H and O–H groups in total. The minimum atomic E-state index is -3.74. The van der Waals surface area contributed by atoms with E-state index < -0.39 is 28.0 Å². The van der Waals surface area contributed by atoms with Gasteiger partial charge in [0.05, 0.1) is 16.5 Å². The largest absolute Gasteiger partial charge is 0.449 e. The third-order valence-electron chi connectivity index (χ3n) is 3.13. The molecule has 0 aliphatic heterocycles. The molecular formula is C16H21N3O5S. The van der Waals surface area contributed by atoms with E-state index in [0.29, 0.717) is 6.54 Å². The van der Waals surface area contributed by atoms with Crippen molar-refractivity contribution in [2.24, 2.45) is 0 Å². The molecule has 25 heavy (non-hydrogen) atoms. The minimum absolute atomic E-state index is 0.00696. The molecule has 0 fully saturated rings. The Bertz CT molecular complexity index is 738. The molecule has 9 heteroatoms. The van der Waals surface area contributed by atoms with Crippen LogP contribution in [0.3, 0.4) is 0 Å². The van der Waals surface area contributed by atoms with Crippen LogP contribution in [0.1, 0.15) is 37.0 Å². The van der Waals surface area contributed by atoms with Crippen molar-refractivity contribution in [3.05, 3.63) is 29.8 Å². The molecule has 136 valence electrons. The summed E-state index contributed by atoms with van der Waals surface area (Å²) in [5.41, 5.74) is 0.131. The first-order valence-electron chi connectivity index (χ1n) is 7.77. The summed E-state index contributed by atoms with van der Waals surface area (Å²) in [4.78, 5) is 23.7. The van der Waals surface area contributed by atoms with Gasteiger partial charge in [-0.15, -0.1) is 0 Å². The van der Waals surface area contributed by atoms with Gasteiger partial charge in [-0.1, -0.05) is 6.92 Å². The van der Waals surface area contributed by atoms with Gasteiger partial charge in [-0.2, -0.15) is 5.26 Å². The first-order chi connectivity index (χ1) is 11.8. The van der Waals surface area contributed by atoms with Crippen LogP contribution < -0.4 is 10.0 Å². The Balaban J connectivity index is 2.71. The number of sulfonamides is 1. The molecule has 1 aromatic carbocycles. The van der Waals surface area contributed by atoms with Gasteiger partial charge in [-0.3, -0.25) is 4.79 Å². The molecule has 1 aromatic rings. The number of nitrogens with one attached hydrogen (secondary N) is 2. The van der Waals surface area contributed by atoms with Crippen LogP contribution in [0.5, 0.6) is 0 Å². The molecular weight excluding hydrogens is 346 g/mol. The third kappa shape index (κ3) is 6.52. The Morgan fingerprint density at radius 1 is 1.24 bits per heavy atom. The Labute approximate surface area is 147 Å². The number of benzene rings is 1. The van der Waals surface area contributed by atoms with Crippen LogP contribution in [0, 0.1) is 11.3 Å². The fraction of sp³-hybridized carbons (Fsp3) is 0.438. The highest BCUT2D eigenvalue weighted by Gasteiger charge is 2.19. The molecule has 0 heterocycles. The molecule has 1 atom stereocenters. The average Bonchev–Trinajstić information content (AvgIpc) is 2.59. The predicted molar refractivity (Wildman–Crippen MR) is 90.0 cm³/mol. The van der Waals surface area contributed by atoms with Crippen LogP contribution in [-0.4, -0.2) is 39.5 Å². The summed E-state index contributed by atoms with van der Waals surface area (Å²) in [7, 11) is -3.74. The second kappa shape index (κ2) is 9.76. The number of esters is 1. The van der Waals surface area contributed by atoms with Crippen molar-refractivity contribution >= 4 is 21.9 Å². The second-order valence-corrected chi connectivity index (χ2v) is 6.94. The molecule has 1 rings (SSSR count). The summed E-state index contributed by atoms with van der Waals surface area (Å²) >= 11 is 0. The van der Waals surface area contributed by atoms with Gasteiger partial charge in [-0.05, 0) is 37.6 Å². The van der Waals surface area contributed by atoms with Gasteiger partial charge in [0.1, 0.15) is 0 Å². The fourth-order valence-electron chi connectivity index (χ4n) is 1.77. The zero-order valence-corrected chi connectivity index (χ0v) is 14.9. The number of amides is 1. The number of rotatable bonds is 9. The summed E-state index contributed by atoms with van der Waals surface area (Å²) < 4.78 is 31.3. The van der Waals surface area contributed by atoms with E-state index in [1.807, 2.05) is 13.0 Å². The molecule has 0 saturated carbocycles. The van der Waals surface area contributed by atoms with Crippen molar-refractivity contribution in [3.63, 3.8) is 0 Å². The van der Waals surface area contributed by atoms with E-state index in [-0.39, 0.29) is 23.4 Å². The number of ether oxygens (including phenoxy) is 1. The van der Waals surface area contributed by atoms with E-state index in [2.05, 4.69) is 10.0 Å². The van der Waals surface area contributed by atoms with Crippen molar-refractivity contribution in [2.45, 2.75) is 37.7 Å². The minimum Gasteiger partial charge on any atom is -0.449 e. The molecule has 8 nitrogen and oxygen atoms in total. The number of hydrogen-bond acceptors (Lipinski definition) is 6. The Kier molecular flexibility index (Phi) is 8.04. The monoisotopic (exact) mass is 367 g/mol. The maximum absolute atomic E-state index is 12.0. The normalized spacial score (nSPS) is 12.0. The van der Waals surface area contributed by atoms with Crippen LogP contribution >= 0.6 is 0 Å². The van der Waals surface area contributed by atoms with Crippen LogP contribution in [0.2, 0.25) is 0 Å². The van der Waals surface area contributed by atoms with Crippen LogP contribution in [-0.2, 0) is 19.6 Å². The zero-order valence-electron chi connectivity index (χ0n) is 14.1. The average molecular weight is 367 g/mol. The van der Waals surface area contributed by atoms with Gasteiger partial charge in [0.25, 0.3) is 5.91 Å². The van der Waals surface area contributed by atoms with E-state index in [9.17, 15) is 18.0 Å². The number of hydrogen-bond donors (Lipinski definition) is 2. The topological polar surface area (TPSA) is 125 Å². The maximum Gasteiger partial charge on any atom is 0.338 e. The van der Waals surface area contributed by atoms with E-state index >= 15 is 0 Å². The Morgan fingerprint density at radius 3 is 2.44 bits per heavy atom. The lowest BCUT2D eigenvalue weighted by Crippen LogP contribution is -2.36. The molecule has 1 amide bonds. The van der Waals surface area contributed by atoms with E-state index in [4.69, 9.17) is 10.00 Å². The fourth-order valence-corrected chi connectivity index (χ4v) is 2.80. The van der Waals surface area contributed by atoms with E-state index in [0.717, 1.165) is 6.42 Å². The zero-order chi connectivity index (χ0) is 18.9. The number of carbonyl (C=O) groups excluding carboxylic acids is 2. The lowest BCUT2D eigenvalue weighted by atomic mass is 10.2. The Morgan fingerprint density at radius 2 is 1.88 bits per heavy atom. The lowest BCUT2D eigenvalue weighted by molar-refractivity contribution is -0.129. The SMILES string of the molecule is CCCNC(=O)[C@@H](C)OC(=O)c1ccc(S(=O)(=O)NCCC#N)cc1. The smallest absolute Gasteiger partial charge is 0.338 e. The molecule has 0 unspecified atom stereocenters. The summed E-state index contributed by atoms with van der Waals surface area (Å²) in [5, 5.41) is 11.0. The Hall–Kier alpha value is -2.44. The number of nitrogens with zero attached hydrogens (tertiary/aromatic N) is 1. The summed E-state index contributed by atoms with van der Waals surface area (Å²) in [6.45, 7) is 3.86. The van der Waals surface area contributed by atoms with Crippen molar-refractivity contribution in [1.82, 2.24) is 10.0 Å². The molecule has 0 saturated heterocycles. The van der Waals surface area contributed by atoms with E-state index in [1.165, 1.54) is 31.2 Å². The number of carbonyl (C=O) groups is 2. The van der Waals surface area contributed by atoms with Gasteiger partial charge in [0.15, 0.2) is 6.10 Å². The van der Waals surface area contributed by atoms with Gasteiger partial charge < -0.3 is 10.1 Å². The predicted octanol–water partition coefficient (Wildman–Crippen LogP) is 0.950. The first kappa shape index (κ1) is 20.6. The van der Waals surface area contributed by atoms with E-state index in [1.54, 1.807) is 0 Å². The van der Waals surface area contributed by atoms with Crippen molar-refractivity contribution in [3.8, 4) is 6.07 Å². The summed E-state index contributed by atoms with van der Waals surface area (Å²) in [6, 6.07) is 6.96. The molecule has 0 aliphatic carbocycles. The van der Waals surface area contributed by atoms with Gasteiger partial charge in [0, 0.05) is 19.5 Å². The van der Waals surface area contributed by atoms with Gasteiger partial charge in [-0.25, -0.2) is 17.9 Å². The molecule has 0 bridgehead atoms. The van der Waals surface area contributed by atoms with Crippen LogP contribution in [0.15, 0.2) is 29.2 Å². The van der Waals surface area contributed by atoms with Crippen molar-refractivity contribution in [1.29, 1.82) is 5.26 Å². The lowest BCUT2D eigenvalue weighted by Gasteiger charge is -2.13. The summed E-state index contributed by atoms with van der Waals surface area (Å²) in [6.07, 6.45) is -0.123. The van der Waals surface area contributed by atoms with Crippen LogP contribution in [0.4, 0.5) is 0 Å². The van der Waals surface area contributed by atoms with Crippen molar-refractivity contribution < 1.29 is 22.7 Å². The number of nitriles is 1. The van der Waals surface area contributed by atoms with Gasteiger partial charge >= 0.3 is 5.97 Å². The third-order valence-corrected chi connectivity index (χ3v) is 4.61. The standard InChI is InChI=1S/C16H21N3O5S/c1-3-10-18-15(20)12(2)24-16(21)13-5-7-14(8-6-13)25(22,23)19-11-4-9-17/h5-8,12,19H,3-4,10-11H2,1-2H3,(H,18,20)/t12-/m1/s1. The van der Waals surface area contributed by atoms with Gasteiger partial charge in [0.2, 0.25) is 10.0 Å².